The van der Waals surface area contributed by atoms with Crippen molar-refractivity contribution in [3.63, 3.8) is 0 Å². The van der Waals surface area contributed by atoms with Crippen molar-refractivity contribution in [2.75, 3.05) is 47.5 Å². The molecule has 0 bridgehead atoms. The first-order valence-electron chi connectivity index (χ1n) is 25.4. The van der Waals surface area contributed by atoms with Crippen molar-refractivity contribution >= 4 is 19.8 Å². The standard InChI is InChI=1S/C50H98NO8P/c1-6-8-10-12-14-16-18-20-22-23-24-25-26-27-29-31-33-35-37-39-41-43-50(53)59-48(47-58-60(54,55)57-45-44-51(3,4)5)46-56-49(52)42-40-38-36-34-32-30-28-21-19-17-15-13-11-9-7-2/h36,38,48H,6-35,37,39-47H2,1-5H3/p+1/b38-36-. The van der Waals surface area contributed by atoms with Gasteiger partial charge in [0.05, 0.1) is 27.7 Å². The molecule has 9 nitrogen and oxygen atoms in total. The van der Waals surface area contributed by atoms with Gasteiger partial charge in [-0.2, -0.15) is 0 Å². The second kappa shape index (κ2) is 43.0. The number of hydrogen-bond donors (Lipinski definition) is 1. The van der Waals surface area contributed by atoms with Gasteiger partial charge in [0, 0.05) is 12.8 Å². The van der Waals surface area contributed by atoms with Gasteiger partial charge in [-0.15, -0.1) is 0 Å². The van der Waals surface area contributed by atoms with E-state index in [-0.39, 0.29) is 26.1 Å². The van der Waals surface area contributed by atoms with E-state index in [9.17, 15) is 19.0 Å². The molecular weight excluding hydrogens is 774 g/mol. The number of esters is 2. The predicted octanol–water partition coefficient (Wildman–Crippen LogP) is 14.9. The summed E-state index contributed by atoms with van der Waals surface area (Å²) in [5.74, 6) is -0.840. The van der Waals surface area contributed by atoms with Crippen LogP contribution in [0.15, 0.2) is 12.2 Å². The van der Waals surface area contributed by atoms with Crippen LogP contribution in [-0.2, 0) is 32.7 Å². The highest BCUT2D eigenvalue weighted by Crippen LogP contribution is 2.43. The molecular formula is C50H99NO8P+. The minimum absolute atomic E-state index is 0.0307. The average Bonchev–Trinajstić information content (AvgIpc) is 3.20. The zero-order chi connectivity index (χ0) is 44.3. The lowest BCUT2D eigenvalue weighted by atomic mass is 10.0. The Bertz CT molecular complexity index is 1030. The first-order chi connectivity index (χ1) is 29.0. The Kier molecular flexibility index (Phi) is 42.1. The fourth-order valence-corrected chi connectivity index (χ4v) is 8.07. The largest absolute Gasteiger partial charge is 0.472 e. The molecule has 0 spiro atoms. The molecule has 0 saturated carbocycles. The second-order valence-corrected chi connectivity index (χ2v) is 20.0. The van der Waals surface area contributed by atoms with E-state index in [4.69, 9.17) is 18.5 Å². The maximum Gasteiger partial charge on any atom is 0.472 e. The molecule has 0 aromatic carbocycles. The molecule has 0 aromatic rings. The Morgan fingerprint density at radius 2 is 0.883 bits per heavy atom. The van der Waals surface area contributed by atoms with E-state index in [0.717, 1.165) is 25.7 Å². The molecule has 0 aromatic heterocycles. The van der Waals surface area contributed by atoms with Crippen molar-refractivity contribution in [3.8, 4) is 0 Å². The van der Waals surface area contributed by atoms with Crippen LogP contribution >= 0.6 is 7.82 Å². The van der Waals surface area contributed by atoms with Crippen molar-refractivity contribution in [2.45, 2.75) is 251 Å². The third-order valence-corrected chi connectivity index (χ3v) is 12.3. The number of carbonyl (C=O) groups excluding carboxylic acids is 2. The van der Waals surface area contributed by atoms with Gasteiger partial charge in [-0.3, -0.25) is 18.6 Å². The Morgan fingerprint density at radius 3 is 1.30 bits per heavy atom. The Morgan fingerprint density at radius 1 is 0.500 bits per heavy atom. The number of hydrogen-bond acceptors (Lipinski definition) is 7. The summed E-state index contributed by atoms with van der Waals surface area (Å²) in [6.07, 6.45) is 47.1. The van der Waals surface area contributed by atoms with E-state index in [1.807, 2.05) is 27.2 Å². The number of carbonyl (C=O) groups is 2. The lowest BCUT2D eigenvalue weighted by Gasteiger charge is -2.24. The van der Waals surface area contributed by atoms with E-state index >= 15 is 0 Å². The van der Waals surface area contributed by atoms with Crippen LogP contribution in [0, 0.1) is 0 Å². The third kappa shape index (κ3) is 46.3. The van der Waals surface area contributed by atoms with Gasteiger partial charge < -0.3 is 18.9 Å². The number of likely N-dealkylation sites (N-methyl/N-ethyl adjacent to an activating group) is 1. The highest BCUT2D eigenvalue weighted by molar-refractivity contribution is 7.47. The SMILES string of the molecule is CCCCCCCCCCCCC/C=C\CCC(=O)OCC(COP(=O)(O)OCC[N+](C)(C)C)OC(=O)CCCCCCCCCCCCCCCCCCCCCCC. The van der Waals surface area contributed by atoms with Gasteiger partial charge in [-0.05, 0) is 25.7 Å². The number of nitrogens with zero attached hydrogens (tertiary/aromatic N) is 1. The first kappa shape index (κ1) is 58.8. The van der Waals surface area contributed by atoms with Crippen molar-refractivity contribution in [2.24, 2.45) is 0 Å². The normalized spacial score (nSPS) is 13.5. The fraction of sp³-hybridized carbons (Fsp3) is 0.920. The maximum atomic E-state index is 12.7. The van der Waals surface area contributed by atoms with Crippen molar-refractivity contribution in [1.29, 1.82) is 0 Å². The molecule has 0 aliphatic heterocycles. The fourth-order valence-electron chi connectivity index (χ4n) is 7.33. The molecule has 0 aliphatic carbocycles. The zero-order valence-corrected chi connectivity index (χ0v) is 41.1. The van der Waals surface area contributed by atoms with Crippen LogP contribution in [-0.4, -0.2) is 74.9 Å². The molecule has 0 amide bonds. The van der Waals surface area contributed by atoms with Gasteiger partial charge in [0.15, 0.2) is 6.10 Å². The number of unbranched alkanes of at least 4 members (excludes halogenated alkanes) is 31. The molecule has 0 heterocycles. The van der Waals surface area contributed by atoms with Gasteiger partial charge in [-0.1, -0.05) is 219 Å². The summed E-state index contributed by atoms with van der Waals surface area (Å²) in [5.41, 5.74) is 0. The van der Waals surface area contributed by atoms with E-state index in [0.29, 0.717) is 23.9 Å². The van der Waals surface area contributed by atoms with Gasteiger partial charge in [-0.25, -0.2) is 4.57 Å². The smallest absolute Gasteiger partial charge is 0.462 e. The molecule has 0 radical (unpaired) electrons. The van der Waals surface area contributed by atoms with E-state index in [2.05, 4.69) is 19.9 Å². The Hall–Kier alpha value is -1.25. The summed E-state index contributed by atoms with van der Waals surface area (Å²) in [5, 5.41) is 0. The lowest BCUT2D eigenvalue weighted by Crippen LogP contribution is -2.37. The Labute approximate surface area is 371 Å². The summed E-state index contributed by atoms with van der Waals surface area (Å²) >= 11 is 0. The number of quaternary nitrogens is 1. The third-order valence-electron chi connectivity index (χ3n) is 11.3. The van der Waals surface area contributed by atoms with Crippen molar-refractivity contribution < 1.29 is 42.1 Å². The van der Waals surface area contributed by atoms with E-state index in [1.165, 1.54) is 180 Å². The van der Waals surface area contributed by atoms with Gasteiger partial charge in [0.2, 0.25) is 0 Å². The molecule has 2 unspecified atom stereocenters. The lowest BCUT2D eigenvalue weighted by molar-refractivity contribution is -0.870. The van der Waals surface area contributed by atoms with Crippen molar-refractivity contribution in [1.82, 2.24) is 0 Å². The molecule has 0 fully saturated rings. The second-order valence-electron chi connectivity index (χ2n) is 18.6. The van der Waals surface area contributed by atoms with Gasteiger partial charge in [0.1, 0.15) is 19.8 Å². The Balaban J connectivity index is 4.23. The number of allylic oxidation sites excluding steroid dienone is 2. The summed E-state index contributed by atoms with van der Waals surface area (Å²) in [6.45, 7) is 4.43. The molecule has 60 heavy (non-hydrogen) atoms. The molecule has 10 heteroatoms. The molecule has 0 saturated heterocycles. The van der Waals surface area contributed by atoms with Crippen LogP contribution in [0.5, 0.6) is 0 Å². The number of phosphoric ester groups is 1. The monoisotopic (exact) mass is 873 g/mol. The molecule has 0 rings (SSSR count). The highest BCUT2D eigenvalue weighted by atomic mass is 31.2. The van der Waals surface area contributed by atoms with Crippen molar-refractivity contribution in [3.05, 3.63) is 12.2 Å². The summed E-state index contributed by atoms with van der Waals surface area (Å²) in [7, 11) is 1.48. The van der Waals surface area contributed by atoms with Gasteiger partial charge >= 0.3 is 19.8 Å². The molecule has 2 atom stereocenters. The van der Waals surface area contributed by atoms with E-state index in [1.54, 1.807) is 0 Å². The van der Waals surface area contributed by atoms with E-state index < -0.39 is 32.5 Å². The van der Waals surface area contributed by atoms with Crippen LogP contribution in [0.4, 0.5) is 0 Å². The molecule has 1 N–H and O–H groups in total. The summed E-state index contributed by atoms with van der Waals surface area (Å²) in [6, 6.07) is 0. The number of ether oxygens (including phenoxy) is 2. The highest BCUT2D eigenvalue weighted by Gasteiger charge is 2.27. The summed E-state index contributed by atoms with van der Waals surface area (Å²) < 4.78 is 34.4. The van der Waals surface area contributed by atoms with Crippen LogP contribution in [0.2, 0.25) is 0 Å². The van der Waals surface area contributed by atoms with Gasteiger partial charge in [0.25, 0.3) is 0 Å². The zero-order valence-electron chi connectivity index (χ0n) is 40.2. The van der Waals surface area contributed by atoms with Crippen LogP contribution < -0.4 is 0 Å². The molecule has 356 valence electrons. The maximum absolute atomic E-state index is 12.7. The first-order valence-corrected chi connectivity index (χ1v) is 26.9. The number of rotatable bonds is 47. The van der Waals surface area contributed by atoms with Crippen LogP contribution in [0.25, 0.3) is 0 Å². The minimum atomic E-state index is -4.38. The van der Waals surface area contributed by atoms with Crippen LogP contribution in [0.3, 0.4) is 0 Å². The topological polar surface area (TPSA) is 108 Å². The predicted molar refractivity (Wildman–Crippen MR) is 252 cm³/mol. The number of phosphoric acid groups is 1. The average molecular weight is 873 g/mol. The summed E-state index contributed by atoms with van der Waals surface area (Å²) in [4.78, 5) is 35.5. The molecule has 0 aliphatic rings. The van der Waals surface area contributed by atoms with Crippen LogP contribution in [0.1, 0.15) is 245 Å². The minimum Gasteiger partial charge on any atom is -0.462 e. The quantitative estimate of drug-likeness (QED) is 0.0212.